The van der Waals surface area contributed by atoms with Crippen molar-refractivity contribution in [3.8, 4) is 17.0 Å². The topological polar surface area (TPSA) is 76.4 Å². The molecule has 33 heavy (non-hydrogen) atoms. The van der Waals surface area contributed by atoms with Crippen molar-refractivity contribution in [2.24, 2.45) is 7.05 Å². The van der Waals surface area contributed by atoms with E-state index in [1.807, 2.05) is 59.4 Å². The van der Waals surface area contributed by atoms with Crippen LogP contribution in [0.15, 0.2) is 42.7 Å². The standard InChI is InChI=1S/C25H30N6O2/c1-29-17-19(20-11-12-26-25(27-20)30-13-5-6-14-30)24(28-29)21-9-7-15-31(21)23(32)16-18-8-3-4-10-22(18)33-2/h3-4,8,10-12,17,21H,5-7,9,13-16H2,1-2H3/t21-/m0/s1. The number of rotatable bonds is 6. The Labute approximate surface area is 194 Å². The molecule has 0 N–H and O–H groups in total. The van der Waals surface area contributed by atoms with Crippen molar-refractivity contribution in [2.45, 2.75) is 38.1 Å². The first-order valence-electron chi connectivity index (χ1n) is 11.7. The van der Waals surface area contributed by atoms with E-state index in [1.54, 1.807) is 7.11 Å². The van der Waals surface area contributed by atoms with E-state index in [1.165, 1.54) is 12.8 Å². The van der Waals surface area contributed by atoms with Crippen molar-refractivity contribution < 1.29 is 9.53 Å². The minimum Gasteiger partial charge on any atom is -0.496 e. The van der Waals surface area contributed by atoms with Crippen LogP contribution in [-0.4, -0.2) is 57.3 Å². The highest BCUT2D eigenvalue weighted by atomic mass is 16.5. The molecule has 2 aromatic heterocycles. The average Bonchev–Trinajstić information content (AvgIpc) is 3.60. The third-order valence-electron chi connectivity index (χ3n) is 6.59. The van der Waals surface area contributed by atoms with E-state index in [-0.39, 0.29) is 11.9 Å². The van der Waals surface area contributed by atoms with Gasteiger partial charge in [-0.3, -0.25) is 9.48 Å². The summed E-state index contributed by atoms with van der Waals surface area (Å²) < 4.78 is 7.27. The summed E-state index contributed by atoms with van der Waals surface area (Å²) >= 11 is 0. The summed E-state index contributed by atoms with van der Waals surface area (Å²) in [5.74, 6) is 1.62. The molecule has 2 aliphatic heterocycles. The minimum atomic E-state index is -0.0615. The zero-order chi connectivity index (χ0) is 22.8. The van der Waals surface area contributed by atoms with Crippen LogP contribution in [0.2, 0.25) is 0 Å². The molecule has 0 unspecified atom stereocenters. The summed E-state index contributed by atoms with van der Waals surface area (Å²) in [6, 6.07) is 9.59. The van der Waals surface area contributed by atoms with Gasteiger partial charge in [0.25, 0.3) is 0 Å². The van der Waals surface area contributed by atoms with E-state index in [4.69, 9.17) is 14.8 Å². The molecule has 4 heterocycles. The maximum atomic E-state index is 13.4. The lowest BCUT2D eigenvalue weighted by molar-refractivity contribution is -0.131. The molecule has 2 fully saturated rings. The van der Waals surface area contributed by atoms with Gasteiger partial charge in [-0.15, -0.1) is 0 Å². The largest absolute Gasteiger partial charge is 0.496 e. The number of likely N-dealkylation sites (tertiary alicyclic amines) is 1. The van der Waals surface area contributed by atoms with Gasteiger partial charge in [0.15, 0.2) is 0 Å². The van der Waals surface area contributed by atoms with E-state index in [2.05, 4.69) is 9.88 Å². The molecular weight excluding hydrogens is 416 g/mol. The Morgan fingerprint density at radius 3 is 2.76 bits per heavy atom. The van der Waals surface area contributed by atoms with Gasteiger partial charge < -0.3 is 14.5 Å². The van der Waals surface area contributed by atoms with Gasteiger partial charge in [0.05, 0.1) is 31.0 Å². The Morgan fingerprint density at radius 1 is 1.12 bits per heavy atom. The van der Waals surface area contributed by atoms with Gasteiger partial charge in [0.1, 0.15) is 5.75 Å². The van der Waals surface area contributed by atoms with E-state index in [0.717, 1.165) is 66.7 Å². The van der Waals surface area contributed by atoms with E-state index >= 15 is 0 Å². The van der Waals surface area contributed by atoms with Gasteiger partial charge in [0, 0.05) is 50.2 Å². The number of hydrogen-bond donors (Lipinski definition) is 0. The van der Waals surface area contributed by atoms with Crippen LogP contribution in [0.5, 0.6) is 5.75 Å². The predicted octanol–water partition coefficient (Wildman–Crippen LogP) is 3.39. The van der Waals surface area contributed by atoms with Crippen LogP contribution >= 0.6 is 0 Å². The van der Waals surface area contributed by atoms with Gasteiger partial charge in [0.2, 0.25) is 11.9 Å². The Balaban J connectivity index is 1.43. The average molecular weight is 447 g/mol. The molecule has 5 rings (SSSR count). The van der Waals surface area contributed by atoms with Gasteiger partial charge in [-0.2, -0.15) is 5.10 Å². The van der Waals surface area contributed by atoms with E-state index < -0.39 is 0 Å². The van der Waals surface area contributed by atoms with Crippen LogP contribution in [0.1, 0.15) is 43.0 Å². The molecule has 8 heteroatoms. The number of ether oxygens (including phenoxy) is 1. The van der Waals surface area contributed by atoms with Crippen molar-refractivity contribution in [1.29, 1.82) is 0 Å². The summed E-state index contributed by atoms with van der Waals surface area (Å²) in [6.07, 6.45) is 8.36. The second-order valence-corrected chi connectivity index (χ2v) is 8.77. The third-order valence-corrected chi connectivity index (χ3v) is 6.59. The maximum Gasteiger partial charge on any atom is 0.227 e. The first-order valence-corrected chi connectivity index (χ1v) is 11.7. The number of nitrogens with zero attached hydrogens (tertiary/aromatic N) is 6. The molecule has 1 atom stereocenters. The number of amides is 1. The molecule has 0 aliphatic carbocycles. The Kier molecular flexibility index (Phi) is 5.98. The molecule has 3 aromatic rings. The Morgan fingerprint density at radius 2 is 1.94 bits per heavy atom. The molecule has 0 spiro atoms. The smallest absolute Gasteiger partial charge is 0.227 e. The third kappa shape index (κ3) is 4.29. The number of para-hydroxylation sites is 1. The zero-order valence-electron chi connectivity index (χ0n) is 19.3. The first-order chi connectivity index (χ1) is 16.1. The SMILES string of the molecule is COc1ccccc1CC(=O)N1CCC[C@H]1c1nn(C)cc1-c1ccnc(N2CCCC2)n1. The highest BCUT2D eigenvalue weighted by molar-refractivity contribution is 5.80. The van der Waals surface area contributed by atoms with Crippen molar-refractivity contribution in [3.63, 3.8) is 0 Å². The number of benzene rings is 1. The second-order valence-electron chi connectivity index (χ2n) is 8.77. The molecule has 1 aromatic carbocycles. The Bertz CT molecular complexity index is 1140. The van der Waals surface area contributed by atoms with Crippen LogP contribution < -0.4 is 9.64 Å². The predicted molar refractivity (Wildman–Crippen MR) is 126 cm³/mol. The zero-order valence-corrected chi connectivity index (χ0v) is 19.3. The molecule has 8 nitrogen and oxygen atoms in total. The highest BCUT2D eigenvalue weighted by Crippen LogP contribution is 2.37. The van der Waals surface area contributed by atoms with Crippen LogP contribution in [0.4, 0.5) is 5.95 Å². The molecule has 1 amide bonds. The highest BCUT2D eigenvalue weighted by Gasteiger charge is 2.34. The van der Waals surface area contributed by atoms with Gasteiger partial charge in [-0.05, 0) is 37.8 Å². The summed E-state index contributed by atoms with van der Waals surface area (Å²) in [5, 5.41) is 4.79. The number of aryl methyl sites for hydroxylation is 1. The number of hydrogen-bond acceptors (Lipinski definition) is 6. The van der Waals surface area contributed by atoms with E-state index in [0.29, 0.717) is 6.42 Å². The molecule has 2 saturated heterocycles. The lowest BCUT2D eigenvalue weighted by Gasteiger charge is -2.25. The van der Waals surface area contributed by atoms with Gasteiger partial charge in [-0.25, -0.2) is 9.97 Å². The number of carbonyl (C=O) groups excluding carboxylic acids is 1. The summed E-state index contributed by atoms with van der Waals surface area (Å²) in [7, 11) is 3.56. The Hall–Kier alpha value is -3.42. The van der Waals surface area contributed by atoms with Crippen molar-refractivity contribution in [1.82, 2.24) is 24.6 Å². The summed E-state index contributed by atoms with van der Waals surface area (Å²) in [6.45, 7) is 2.73. The summed E-state index contributed by atoms with van der Waals surface area (Å²) in [5.41, 5.74) is 3.65. The normalized spacial score (nSPS) is 18.2. The molecule has 172 valence electrons. The van der Waals surface area contributed by atoms with Crippen LogP contribution in [0.3, 0.4) is 0 Å². The maximum absolute atomic E-state index is 13.4. The fourth-order valence-corrected chi connectivity index (χ4v) is 4.98. The summed E-state index contributed by atoms with van der Waals surface area (Å²) in [4.78, 5) is 26.9. The molecule has 0 saturated carbocycles. The van der Waals surface area contributed by atoms with Gasteiger partial charge in [-0.1, -0.05) is 18.2 Å². The lowest BCUT2D eigenvalue weighted by atomic mass is 10.0. The minimum absolute atomic E-state index is 0.0615. The van der Waals surface area contributed by atoms with E-state index in [9.17, 15) is 4.79 Å². The monoisotopic (exact) mass is 446 g/mol. The van der Waals surface area contributed by atoms with Crippen LogP contribution in [-0.2, 0) is 18.3 Å². The lowest BCUT2D eigenvalue weighted by Crippen LogP contribution is -2.32. The fourth-order valence-electron chi connectivity index (χ4n) is 4.98. The van der Waals surface area contributed by atoms with Crippen molar-refractivity contribution in [3.05, 3.63) is 54.0 Å². The number of carbonyl (C=O) groups is 1. The molecule has 2 aliphatic rings. The molecule has 0 bridgehead atoms. The van der Waals surface area contributed by atoms with Gasteiger partial charge >= 0.3 is 0 Å². The van der Waals surface area contributed by atoms with Crippen LogP contribution in [0.25, 0.3) is 11.3 Å². The first kappa shape index (κ1) is 21.4. The van der Waals surface area contributed by atoms with Crippen LogP contribution in [0, 0.1) is 0 Å². The van der Waals surface area contributed by atoms with Crippen molar-refractivity contribution in [2.75, 3.05) is 31.6 Å². The number of aromatic nitrogens is 4. The molecular formula is C25H30N6O2. The number of methoxy groups -OCH3 is 1. The van der Waals surface area contributed by atoms with Crippen molar-refractivity contribution >= 4 is 11.9 Å². The quantitative estimate of drug-likeness (QED) is 0.578. The second kappa shape index (κ2) is 9.21. The number of anilines is 1. The fraction of sp³-hybridized carbons (Fsp3) is 0.440. The molecule has 0 radical (unpaired) electrons.